The zero-order chi connectivity index (χ0) is 20.3. The molecule has 0 spiro atoms. The number of rotatable bonds is 6. The van der Waals surface area contributed by atoms with Gasteiger partial charge in [0.25, 0.3) is 5.91 Å². The number of aliphatic hydroxyl groups excluding tert-OH is 1. The smallest absolute Gasteiger partial charge is 0.257 e. The lowest BCUT2D eigenvalue weighted by Crippen LogP contribution is -2.24. The highest BCUT2D eigenvalue weighted by Crippen LogP contribution is 2.30. The second kappa shape index (κ2) is 8.18. The SMILES string of the molecule is COc1ccc(-c2noc([C@H](C)O)c2C(=O)NCc2cc(F)cc(F)c2)cc1. The van der Waals surface area contributed by atoms with Gasteiger partial charge in [0.15, 0.2) is 5.76 Å². The molecule has 2 N–H and O–H groups in total. The molecule has 0 fully saturated rings. The van der Waals surface area contributed by atoms with Gasteiger partial charge in [-0.2, -0.15) is 0 Å². The molecule has 2 aromatic carbocycles. The molecule has 3 aromatic rings. The van der Waals surface area contributed by atoms with Crippen molar-refractivity contribution in [3.05, 3.63) is 71.0 Å². The number of nitrogens with one attached hydrogen (secondary N) is 1. The van der Waals surface area contributed by atoms with Crippen LogP contribution in [-0.4, -0.2) is 23.3 Å². The first-order valence-corrected chi connectivity index (χ1v) is 8.44. The number of hydrogen-bond acceptors (Lipinski definition) is 5. The molecule has 6 nitrogen and oxygen atoms in total. The number of aliphatic hydroxyl groups is 1. The Balaban J connectivity index is 1.90. The molecule has 28 heavy (non-hydrogen) atoms. The number of halogens is 2. The summed E-state index contributed by atoms with van der Waals surface area (Å²) in [5, 5.41) is 16.4. The van der Waals surface area contributed by atoms with E-state index in [4.69, 9.17) is 9.26 Å². The highest BCUT2D eigenvalue weighted by Gasteiger charge is 2.26. The lowest BCUT2D eigenvalue weighted by Gasteiger charge is -2.09. The number of ether oxygens (including phenoxy) is 1. The Hall–Kier alpha value is -3.26. The highest BCUT2D eigenvalue weighted by atomic mass is 19.1. The molecule has 3 rings (SSSR count). The molecule has 0 aliphatic rings. The summed E-state index contributed by atoms with van der Waals surface area (Å²) in [5.41, 5.74) is 1.13. The van der Waals surface area contributed by atoms with Crippen LogP contribution in [0.5, 0.6) is 5.75 Å². The van der Waals surface area contributed by atoms with Gasteiger partial charge in [0.05, 0.1) is 7.11 Å². The number of amides is 1. The quantitative estimate of drug-likeness (QED) is 0.674. The van der Waals surface area contributed by atoms with Gasteiger partial charge < -0.3 is 19.7 Å². The van der Waals surface area contributed by atoms with E-state index in [0.29, 0.717) is 11.3 Å². The first-order chi connectivity index (χ1) is 13.4. The van der Waals surface area contributed by atoms with E-state index in [9.17, 15) is 18.7 Å². The first-order valence-electron chi connectivity index (χ1n) is 8.44. The molecular weight excluding hydrogens is 370 g/mol. The Kier molecular flexibility index (Phi) is 5.70. The van der Waals surface area contributed by atoms with Crippen molar-refractivity contribution in [3.63, 3.8) is 0 Å². The van der Waals surface area contributed by atoms with Crippen LogP contribution in [0.1, 0.15) is 34.7 Å². The van der Waals surface area contributed by atoms with Gasteiger partial charge in [-0.15, -0.1) is 0 Å². The summed E-state index contributed by atoms with van der Waals surface area (Å²) < 4.78 is 36.9. The zero-order valence-electron chi connectivity index (χ0n) is 15.2. The van der Waals surface area contributed by atoms with Crippen LogP contribution in [0, 0.1) is 11.6 Å². The minimum Gasteiger partial charge on any atom is -0.497 e. The number of methoxy groups -OCH3 is 1. The summed E-state index contributed by atoms with van der Waals surface area (Å²) in [6.07, 6.45) is -1.08. The predicted octanol–water partition coefficient (Wildman–Crippen LogP) is 3.61. The van der Waals surface area contributed by atoms with Gasteiger partial charge in [-0.1, -0.05) is 5.16 Å². The summed E-state index contributed by atoms with van der Waals surface area (Å²) in [5.74, 6) is -1.45. The fourth-order valence-electron chi connectivity index (χ4n) is 2.74. The third-order valence-corrected chi connectivity index (χ3v) is 4.06. The Morgan fingerprint density at radius 1 is 1.21 bits per heavy atom. The maximum absolute atomic E-state index is 13.3. The van der Waals surface area contributed by atoms with E-state index >= 15 is 0 Å². The molecule has 1 amide bonds. The second-order valence-electron chi connectivity index (χ2n) is 6.14. The summed E-state index contributed by atoms with van der Waals surface area (Å²) in [7, 11) is 1.53. The predicted molar refractivity (Wildman–Crippen MR) is 96.7 cm³/mol. The second-order valence-corrected chi connectivity index (χ2v) is 6.14. The molecule has 1 aromatic heterocycles. The molecule has 1 heterocycles. The summed E-state index contributed by atoms with van der Waals surface area (Å²) in [6, 6.07) is 9.78. The van der Waals surface area contributed by atoms with Crippen molar-refractivity contribution in [1.82, 2.24) is 10.5 Å². The lowest BCUT2D eigenvalue weighted by molar-refractivity contribution is 0.0938. The number of hydrogen-bond donors (Lipinski definition) is 2. The van der Waals surface area contributed by atoms with Crippen LogP contribution in [0.25, 0.3) is 11.3 Å². The minimum atomic E-state index is -1.08. The Morgan fingerprint density at radius 3 is 2.43 bits per heavy atom. The van der Waals surface area contributed by atoms with Crippen LogP contribution in [-0.2, 0) is 6.54 Å². The highest BCUT2D eigenvalue weighted by molar-refractivity contribution is 6.01. The molecule has 0 bridgehead atoms. The van der Waals surface area contributed by atoms with Crippen molar-refractivity contribution in [3.8, 4) is 17.0 Å². The fraction of sp³-hybridized carbons (Fsp3) is 0.200. The van der Waals surface area contributed by atoms with Gasteiger partial charge in [0.2, 0.25) is 0 Å². The topological polar surface area (TPSA) is 84.6 Å². The van der Waals surface area contributed by atoms with Gasteiger partial charge in [-0.25, -0.2) is 8.78 Å². The van der Waals surface area contributed by atoms with Crippen LogP contribution in [0.15, 0.2) is 47.0 Å². The average molecular weight is 388 g/mol. The Morgan fingerprint density at radius 2 is 1.86 bits per heavy atom. The maximum atomic E-state index is 13.3. The van der Waals surface area contributed by atoms with E-state index < -0.39 is 23.6 Å². The molecular formula is C20H18F2N2O4. The van der Waals surface area contributed by atoms with Crippen LogP contribution in [0.4, 0.5) is 8.78 Å². The summed E-state index contributed by atoms with van der Waals surface area (Å²) in [4.78, 5) is 12.8. The number of aromatic nitrogens is 1. The molecule has 8 heteroatoms. The summed E-state index contributed by atoms with van der Waals surface area (Å²) in [6.45, 7) is 1.33. The normalized spacial score (nSPS) is 11.9. The van der Waals surface area contributed by atoms with Crippen LogP contribution < -0.4 is 10.1 Å². The van der Waals surface area contributed by atoms with Gasteiger partial charge in [-0.3, -0.25) is 4.79 Å². The van der Waals surface area contributed by atoms with E-state index in [1.54, 1.807) is 24.3 Å². The number of benzene rings is 2. The molecule has 1 atom stereocenters. The van der Waals surface area contributed by atoms with Crippen molar-refractivity contribution >= 4 is 5.91 Å². The average Bonchev–Trinajstić information content (AvgIpc) is 3.11. The van der Waals surface area contributed by atoms with Crippen LogP contribution in [0.3, 0.4) is 0 Å². The fourth-order valence-corrected chi connectivity index (χ4v) is 2.74. The van der Waals surface area contributed by atoms with Crippen LogP contribution >= 0.6 is 0 Å². The van der Waals surface area contributed by atoms with Crippen molar-refractivity contribution in [1.29, 1.82) is 0 Å². The minimum absolute atomic E-state index is 0.00580. The first kappa shape index (κ1) is 19.5. The van der Waals surface area contributed by atoms with E-state index in [-0.39, 0.29) is 29.1 Å². The molecule has 0 aliphatic carbocycles. The molecule has 0 saturated heterocycles. The van der Waals surface area contributed by atoms with Crippen molar-refractivity contribution in [2.45, 2.75) is 19.6 Å². The molecule has 0 radical (unpaired) electrons. The maximum Gasteiger partial charge on any atom is 0.257 e. The monoisotopic (exact) mass is 388 g/mol. The number of carbonyl (C=O) groups excluding carboxylic acids is 1. The van der Waals surface area contributed by atoms with Crippen molar-refractivity contribution in [2.75, 3.05) is 7.11 Å². The molecule has 146 valence electrons. The van der Waals surface area contributed by atoms with E-state index in [1.807, 2.05) is 0 Å². The van der Waals surface area contributed by atoms with Gasteiger partial charge in [-0.05, 0) is 48.9 Å². The van der Waals surface area contributed by atoms with Gasteiger partial charge in [0.1, 0.15) is 34.7 Å². The largest absolute Gasteiger partial charge is 0.497 e. The lowest BCUT2D eigenvalue weighted by atomic mass is 10.0. The summed E-state index contributed by atoms with van der Waals surface area (Å²) >= 11 is 0. The third kappa shape index (κ3) is 4.17. The number of carbonyl (C=O) groups is 1. The standard InChI is InChI=1S/C20H18F2N2O4/c1-11(25)19-17(18(24-28-19)13-3-5-16(27-2)6-4-13)20(26)23-10-12-7-14(21)9-15(22)8-12/h3-9,11,25H,10H2,1-2H3,(H,23,26)/t11-/m0/s1. The van der Waals surface area contributed by atoms with Crippen molar-refractivity contribution in [2.24, 2.45) is 0 Å². The number of nitrogens with zero attached hydrogens (tertiary/aromatic N) is 1. The zero-order valence-corrected chi connectivity index (χ0v) is 15.2. The Bertz CT molecular complexity index is 964. The molecule has 0 saturated carbocycles. The van der Waals surface area contributed by atoms with E-state index in [1.165, 1.54) is 14.0 Å². The van der Waals surface area contributed by atoms with E-state index in [2.05, 4.69) is 10.5 Å². The van der Waals surface area contributed by atoms with Crippen molar-refractivity contribution < 1.29 is 27.9 Å². The Labute approximate surface area is 159 Å². The van der Waals surface area contributed by atoms with Crippen LogP contribution in [0.2, 0.25) is 0 Å². The molecule has 0 aliphatic heterocycles. The van der Waals surface area contributed by atoms with Gasteiger partial charge >= 0.3 is 0 Å². The third-order valence-electron chi connectivity index (χ3n) is 4.06. The van der Waals surface area contributed by atoms with Gasteiger partial charge in [0, 0.05) is 18.2 Å². The molecule has 0 unspecified atom stereocenters. The van der Waals surface area contributed by atoms with E-state index in [0.717, 1.165) is 18.2 Å².